The highest BCUT2D eigenvalue weighted by molar-refractivity contribution is 7.16. The molecule has 0 aliphatic rings. The van der Waals surface area contributed by atoms with Gasteiger partial charge in [-0.1, -0.05) is 52.7 Å². The molecule has 0 aliphatic heterocycles. The van der Waals surface area contributed by atoms with Gasteiger partial charge in [0.05, 0.1) is 21.8 Å². The lowest BCUT2D eigenvalue weighted by Gasteiger charge is -2.06. The van der Waals surface area contributed by atoms with Gasteiger partial charge in [-0.15, -0.1) is 0 Å². The van der Waals surface area contributed by atoms with E-state index in [2.05, 4.69) is 4.99 Å². The minimum absolute atomic E-state index is 0.142. The maximum absolute atomic E-state index is 12.3. The molecule has 0 atom stereocenters. The summed E-state index contributed by atoms with van der Waals surface area (Å²) in [4.78, 5) is 17.0. The van der Waals surface area contributed by atoms with Gasteiger partial charge in [0.25, 0.3) is 5.91 Å². The predicted octanol–water partition coefficient (Wildman–Crippen LogP) is 4.16. The number of methoxy groups -OCH3 is 1. The molecule has 0 saturated carbocycles. The predicted molar refractivity (Wildman–Crippen MR) is 104 cm³/mol. The molecule has 0 fully saturated rings. The Kier molecular flexibility index (Phi) is 6.32. The number of amides is 1. The summed E-state index contributed by atoms with van der Waals surface area (Å²) in [5.41, 5.74) is 0.786. The second kappa shape index (κ2) is 8.68. The number of para-hydroxylation sites is 1. The van der Waals surface area contributed by atoms with Gasteiger partial charge in [-0.2, -0.15) is 4.99 Å². The van der Waals surface area contributed by atoms with Crippen molar-refractivity contribution in [2.45, 2.75) is 6.54 Å². The number of benzene rings is 2. The van der Waals surface area contributed by atoms with E-state index in [1.165, 1.54) is 11.3 Å². The monoisotopic (exact) mass is 410 g/mol. The van der Waals surface area contributed by atoms with E-state index in [-0.39, 0.29) is 12.5 Å². The van der Waals surface area contributed by atoms with Crippen molar-refractivity contribution < 1.29 is 14.3 Å². The number of halogens is 2. The molecular weight excluding hydrogens is 395 g/mol. The van der Waals surface area contributed by atoms with Gasteiger partial charge in [-0.05, 0) is 24.3 Å². The van der Waals surface area contributed by atoms with Crippen LogP contribution in [0.25, 0.3) is 10.2 Å². The number of carbonyl (C=O) groups is 1. The number of carbonyl (C=O) groups excluding carboxylic acids is 1. The number of nitrogens with zero attached hydrogens (tertiary/aromatic N) is 2. The Balaban J connectivity index is 1.93. The first kappa shape index (κ1) is 18.9. The highest BCUT2D eigenvalue weighted by Gasteiger charge is 2.12. The first-order valence-corrected chi connectivity index (χ1v) is 9.38. The highest BCUT2D eigenvalue weighted by Crippen LogP contribution is 2.29. The lowest BCUT2D eigenvalue weighted by molar-refractivity contribution is -0.120. The van der Waals surface area contributed by atoms with E-state index in [4.69, 9.17) is 32.7 Å². The van der Waals surface area contributed by atoms with E-state index >= 15 is 0 Å². The SMILES string of the molecule is COCCn1c(=NC(=O)COc2ccccc2)sc2cc(Cl)cc(Cl)c21. The Labute approximate surface area is 164 Å². The van der Waals surface area contributed by atoms with E-state index in [9.17, 15) is 4.79 Å². The van der Waals surface area contributed by atoms with Crippen LogP contribution >= 0.6 is 34.5 Å². The van der Waals surface area contributed by atoms with Crippen LogP contribution in [0.1, 0.15) is 0 Å². The molecule has 1 amide bonds. The number of hydrogen-bond donors (Lipinski definition) is 0. The average Bonchev–Trinajstić information content (AvgIpc) is 2.96. The number of rotatable bonds is 6. The lowest BCUT2D eigenvalue weighted by Crippen LogP contribution is -2.21. The Morgan fingerprint density at radius 2 is 2.00 bits per heavy atom. The number of fused-ring (bicyclic) bond motifs is 1. The first-order chi connectivity index (χ1) is 12.6. The zero-order valence-corrected chi connectivity index (χ0v) is 16.3. The average molecular weight is 411 g/mol. The molecule has 0 N–H and O–H groups in total. The van der Waals surface area contributed by atoms with E-state index < -0.39 is 0 Å². The Bertz CT molecular complexity index is 983. The number of ether oxygens (including phenoxy) is 2. The quantitative estimate of drug-likeness (QED) is 0.612. The Hall–Kier alpha value is -1.86. The van der Waals surface area contributed by atoms with Crippen LogP contribution in [0, 0.1) is 0 Å². The summed E-state index contributed by atoms with van der Waals surface area (Å²) in [6.45, 7) is 0.840. The number of thiazole rings is 1. The van der Waals surface area contributed by atoms with Gasteiger partial charge in [0.15, 0.2) is 11.4 Å². The number of hydrogen-bond acceptors (Lipinski definition) is 4. The summed E-state index contributed by atoms with van der Waals surface area (Å²) >= 11 is 13.8. The smallest absolute Gasteiger partial charge is 0.286 e. The standard InChI is InChI=1S/C18H16Cl2N2O3S/c1-24-8-7-22-17-14(20)9-12(19)10-15(17)26-18(22)21-16(23)11-25-13-5-3-2-4-6-13/h2-6,9-10H,7-8,11H2,1H3. The molecule has 5 nitrogen and oxygen atoms in total. The molecule has 0 radical (unpaired) electrons. The zero-order chi connectivity index (χ0) is 18.5. The summed E-state index contributed by atoms with van der Waals surface area (Å²) in [6.07, 6.45) is 0. The number of aromatic nitrogens is 1. The third-order valence-corrected chi connectivity index (χ3v) is 5.07. The zero-order valence-electron chi connectivity index (χ0n) is 13.9. The molecule has 3 aromatic rings. The van der Waals surface area contributed by atoms with Crippen molar-refractivity contribution in [2.75, 3.05) is 20.3 Å². The van der Waals surface area contributed by atoms with E-state index in [0.717, 1.165) is 10.2 Å². The Morgan fingerprint density at radius 3 is 2.73 bits per heavy atom. The summed E-state index contributed by atoms with van der Waals surface area (Å²) in [6, 6.07) is 12.6. The molecule has 1 aromatic heterocycles. The van der Waals surface area contributed by atoms with Crippen molar-refractivity contribution in [3.63, 3.8) is 0 Å². The van der Waals surface area contributed by atoms with Gasteiger partial charge in [0, 0.05) is 18.7 Å². The molecule has 0 unspecified atom stereocenters. The van der Waals surface area contributed by atoms with Crippen LogP contribution in [0.4, 0.5) is 0 Å². The molecule has 8 heteroatoms. The van der Waals surface area contributed by atoms with E-state index in [1.54, 1.807) is 31.4 Å². The fourth-order valence-corrected chi connectivity index (χ4v) is 4.26. The van der Waals surface area contributed by atoms with Gasteiger partial charge in [-0.25, -0.2) is 0 Å². The first-order valence-electron chi connectivity index (χ1n) is 7.81. The molecule has 0 saturated heterocycles. The fraction of sp³-hybridized carbons (Fsp3) is 0.222. The van der Waals surface area contributed by atoms with Gasteiger partial charge in [-0.3, -0.25) is 4.79 Å². The van der Waals surface area contributed by atoms with Crippen molar-refractivity contribution in [1.82, 2.24) is 4.57 Å². The molecule has 0 bridgehead atoms. The van der Waals surface area contributed by atoms with Crippen LogP contribution in [-0.2, 0) is 16.1 Å². The second-order valence-electron chi connectivity index (χ2n) is 5.37. The van der Waals surface area contributed by atoms with Crippen LogP contribution in [0.2, 0.25) is 10.0 Å². The van der Waals surface area contributed by atoms with Crippen molar-refractivity contribution in [2.24, 2.45) is 4.99 Å². The summed E-state index contributed by atoms with van der Waals surface area (Å²) in [7, 11) is 1.61. The van der Waals surface area contributed by atoms with Crippen molar-refractivity contribution in [3.05, 3.63) is 57.3 Å². The van der Waals surface area contributed by atoms with Crippen LogP contribution < -0.4 is 9.54 Å². The molecule has 26 heavy (non-hydrogen) atoms. The maximum Gasteiger partial charge on any atom is 0.286 e. The van der Waals surface area contributed by atoms with Crippen LogP contribution in [0.5, 0.6) is 5.75 Å². The van der Waals surface area contributed by atoms with Crippen molar-refractivity contribution >= 4 is 50.7 Å². The van der Waals surface area contributed by atoms with E-state index in [1.807, 2.05) is 22.8 Å². The lowest BCUT2D eigenvalue weighted by atomic mass is 10.3. The maximum atomic E-state index is 12.3. The second-order valence-corrected chi connectivity index (χ2v) is 7.22. The van der Waals surface area contributed by atoms with Crippen LogP contribution in [0.3, 0.4) is 0 Å². The molecule has 2 aromatic carbocycles. The van der Waals surface area contributed by atoms with Gasteiger partial charge in [0.2, 0.25) is 0 Å². The fourth-order valence-electron chi connectivity index (χ4n) is 2.41. The van der Waals surface area contributed by atoms with E-state index in [0.29, 0.717) is 33.7 Å². The third kappa shape index (κ3) is 4.45. The van der Waals surface area contributed by atoms with Crippen molar-refractivity contribution in [1.29, 1.82) is 0 Å². The summed E-state index contributed by atoms with van der Waals surface area (Å²) in [5, 5.41) is 1.04. The van der Waals surface area contributed by atoms with Gasteiger partial charge < -0.3 is 14.0 Å². The minimum atomic E-state index is -0.381. The molecule has 1 heterocycles. The summed E-state index contributed by atoms with van der Waals surface area (Å²) < 4.78 is 13.3. The molecule has 0 aliphatic carbocycles. The van der Waals surface area contributed by atoms with Gasteiger partial charge in [0.1, 0.15) is 5.75 Å². The largest absolute Gasteiger partial charge is 0.484 e. The Morgan fingerprint density at radius 1 is 1.23 bits per heavy atom. The summed E-state index contributed by atoms with van der Waals surface area (Å²) in [5.74, 6) is 0.239. The molecule has 3 rings (SSSR count). The molecule has 0 spiro atoms. The van der Waals surface area contributed by atoms with Crippen LogP contribution in [0.15, 0.2) is 47.5 Å². The van der Waals surface area contributed by atoms with Crippen LogP contribution in [-0.4, -0.2) is 30.8 Å². The minimum Gasteiger partial charge on any atom is -0.484 e. The molecular formula is C18H16Cl2N2O3S. The normalized spacial score (nSPS) is 11.9. The van der Waals surface area contributed by atoms with Gasteiger partial charge >= 0.3 is 0 Å². The topological polar surface area (TPSA) is 52.8 Å². The molecule has 136 valence electrons. The third-order valence-electron chi connectivity index (χ3n) is 3.54. The van der Waals surface area contributed by atoms with Crippen molar-refractivity contribution in [3.8, 4) is 5.75 Å². The highest BCUT2D eigenvalue weighted by atomic mass is 35.5.